The summed E-state index contributed by atoms with van der Waals surface area (Å²) < 4.78 is 22.1. The Morgan fingerprint density at radius 3 is 2.81 bits per heavy atom. The molecule has 0 saturated carbocycles. The van der Waals surface area contributed by atoms with Gasteiger partial charge in [-0.25, -0.2) is 9.78 Å². The topological polar surface area (TPSA) is 116 Å². The number of ether oxygens (including phenoxy) is 4. The molecule has 0 spiro atoms. The number of carboxylic acids is 1. The maximum absolute atomic E-state index is 11.7. The number of nitrogens with zero attached hydrogens (tertiary/aromatic N) is 2. The molecule has 0 saturated heterocycles. The van der Waals surface area contributed by atoms with Crippen LogP contribution in [0, 0.1) is 0 Å². The van der Waals surface area contributed by atoms with Crippen molar-refractivity contribution in [3.8, 4) is 23.0 Å². The van der Waals surface area contributed by atoms with Crippen molar-refractivity contribution in [3.05, 3.63) is 58.3 Å². The van der Waals surface area contributed by atoms with Crippen LogP contribution in [0.3, 0.4) is 0 Å². The predicted molar refractivity (Wildman–Crippen MR) is 117 cm³/mol. The van der Waals surface area contributed by atoms with E-state index in [-0.39, 0.29) is 11.7 Å². The molecule has 10 heteroatoms. The van der Waals surface area contributed by atoms with Gasteiger partial charge in [-0.15, -0.1) is 5.10 Å². The Morgan fingerprint density at radius 1 is 1.22 bits per heavy atom. The number of thioether (sulfide) groups is 1. The molecule has 0 amide bonds. The number of hydrogen-bond acceptors (Lipinski definition) is 8. The normalized spacial score (nSPS) is 12.6. The zero-order chi connectivity index (χ0) is 22.5. The summed E-state index contributed by atoms with van der Waals surface area (Å²) in [5.41, 5.74) is 1.57. The number of aliphatic carboxylic acids is 1. The first-order valence-electron chi connectivity index (χ1n) is 9.79. The monoisotopic (exact) mass is 455 g/mol. The summed E-state index contributed by atoms with van der Waals surface area (Å²) in [5.74, 6) is 2.05. The Morgan fingerprint density at radius 2 is 2.06 bits per heavy atom. The number of rotatable bonds is 9. The lowest BCUT2D eigenvalue weighted by Crippen LogP contribution is -1.99. The fourth-order valence-corrected chi connectivity index (χ4v) is 3.68. The summed E-state index contributed by atoms with van der Waals surface area (Å²) in [6.45, 7) is 2.46. The van der Waals surface area contributed by atoms with Crippen molar-refractivity contribution < 1.29 is 28.8 Å². The number of aryl methyl sites for hydroxylation is 1. The average Bonchev–Trinajstić information content (AvgIpc) is 3.46. The molecule has 0 radical (unpaired) electrons. The number of carbonyl (C=O) groups is 1. The van der Waals surface area contributed by atoms with Crippen LogP contribution in [-0.4, -0.2) is 40.2 Å². The molecule has 2 N–H and O–H groups in total. The van der Waals surface area contributed by atoms with Crippen LogP contribution in [0.25, 0.3) is 6.08 Å². The van der Waals surface area contributed by atoms with Crippen LogP contribution < -0.4 is 18.9 Å². The highest BCUT2D eigenvalue weighted by atomic mass is 32.2. The summed E-state index contributed by atoms with van der Waals surface area (Å²) in [6, 6.07) is 10.8. The van der Waals surface area contributed by atoms with Gasteiger partial charge in [-0.3, -0.25) is 5.10 Å². The predicted octanol–water partition coefficient (Wildman–Crippen LogP) is 3.90. The van der Waals surface area contributed by atoms with Crippen LogP contribution in [0.2, 0.25) is 0 Å². The molecule has 2 aromatic carbocycles. The van der Waals surface area contributed by atoms with Crippen LogP contribution in [0.1, 0.15) is 23.9 Å². The molecule has 2 heterocycles. The maximum atomic E-state index is 11.7. The van der Waals surface area contributed by atoms with Crippen molar-refractivity contribution in [2.24, 2.45) is 0 Å². The fourth-order valence-electron chi connectivity index (χ4n) is 2.95. The molecule has 0 fully saturated rings. The third-order valence-electron chi connectivity index (χ3n) is 4.57. The SMILES string of the molecule is CCc1nc(S/C(=C\c2ccc(OCc3ccc4c(c3)OCO4)c(OC)c2)C(=O)O)n[nH]1. The number of benzene rings is 2. The van der Waals surface area contributed by atoms with Gasteiger partial charge in [0.25, 0.3) is 0 Å². The number of methoxy groups -OCH3 is 1. The number of carboxylic acid groups (broad SMARTS) is 1. The lowest BCUT2D eigenvalue weighted by Gasteiger charge is -2.12. The highest BCUT2D eigenvalue weighted by molar-refractivity contribution is 8.04. The van der Waals surface area contributed by atoms with E-state index in [4.69, 9.17) is 18.9 Å². The fraction of sp³-hybridized carbons (Fsp3) is 0.227. The Balaban J connectivity index is 1.49. The number of aromatic nitrogens is 3. The van der Waals surface area contributed by atoms with E-state index < -0.39 is 5.97 Å². The quantitative estimate of drug-likeness (QED) is 0.366. The second-order valence-corrected chi connectivity index (χ2v) is 7.73. The standard InChI is InChI=1S/C22H21N3O6S/c1-3-20-23-22(25-24-20)32-19(21(26)27)10-13-4-6-15(17(8-13)28-2)29-11-14-5-7-16-18(9-14)31-12-30-16/h4-10H,3,11-12H2,1-2H3,(H,26,27)(H,23,24,25)/b19-10-. The van der Waals surface area contributed by atoms with Crippen LogP contribution >= 0.6 is 11.8 Å². The van der Waals surface area contributed by atoms with E-state index in [2.05, 4.69) is 15.2 Å². The molecule has 0 bridgehead atoms. The number of aromatic amines is 1. The number of nitrogens with one attached hydrogen (secondary N) is 1. The average molecular weight is 455 g/mol. The molecule has 9 nitrogen and oxygen atoms in total. The van der Waals surface area contributed by atoms with E-state index in [0.29, 0.717) is 52.6 Å². The lowest BCUT2D eigenvalue weighted by atomic mass is 10.2. The van der Waals surface area contributed by atoms with Crippen LogP contribution in [0.4, 0.5) is 0 Å². The molecular weight excluding hydrogens is 434 g/mol. The molecule has 3 aromatic rings. The molecule has 1 aliphatic rings. The summed E-state index contributed by atoms with van der Waals surface area (Å²) in [4.78, 5) is 16.0. The first-order chi connectivity index (χ1) is 15.6. The van der Waals surface area contributed by atoms with Gasteiger partial charge in [0, 0.05) is 6.42 Å². The number of H-pyrrole nitrogens is 1. The highest BCUT2D eigenvalue weighted by Crippen LogP contribution is 2.34. The van der Waals surface area contributed by atoms with Crippen molar-refractivity contribution in [1.29, 1.82) is 0 Å². The third-order valence-corrected chi connectivity index (χ3v) is 5.45. The smallest absolute Gasteiger partial charge is 0.342 e. The zero-order valence-electron chi connectivity index (χ0n) is 17.5. The van der Waals surface area contributed by atoms with Gasteiger partial charge in [-0.05, 0) is 53.2 Å². The van der Waals surface area contributed by atoms with Crippen molar-refractivity contribution in [2.75, 3.05) is 13.9 Å². The first-order valence-corrected chi connectivity index (χ1v) is 10.6. The van der Waals surface area contributed by atoms with Gasteiger partial charge in [-0.2, -0.15) is 0 Å². The van der Waals surface area contributed by atoms with Crippen LogP contribution in [-0.2, 0) is 17.8 Å². The molecule has 0 atom stereocenters. The number of hydrogen-bond donors (Lipinski definition) is 2. The van der Waals surface area contributed by atoms with Gasteiger partial charge in [0.2, 0.25) is 11.9 Å². The Bertz CT molecular complexity index is 1160. The van der Waals surface area contributed by atoms with Crippen molar-refractivity contribution in [3.63, 3.8) is 0 Å². The van der Waals surface area contributed by atoms with Crippen molar-refractivity contribution in [1.82, 2.24) is 15.2 Å². The molecule has 166 valence electrons. The summed E-state index contributed by atoms with van der Waals surface area (Å²) in [7, 11) is 1.53. The largest absolute Gasteiger partial charge is 0.493 e. The van der Waals surface area contributed by atoms with E-state index in [0.717, 1.165) is 17.3 Å². The van der Waals surface area contributed by atoms with E-state index in [1.165, 1.54) is 7.11 Å². The van der Waals surface area contributed by atoms with Gasteiger partial charge in [0.15, 0.2) is 23.0 Å². The molecule has 1 aromatic heterocycles. The summed E-state index contributed by atoms with van der Waals surface area (Å²) in [6.07, 6.45) is 2.23. The molecule has 4 rings (SSSR count). The molecule has 32 heavy (non-hydrogen) atoms. The number of fused-ring (bicyclic) bond motifs is 1. The van der Waals surface area contributed by atoms with E-state index in [1.54, 1.807) is 24.3 Å². The van der Waals surface area contributed by atoms with Gasteiger partial charge in [0.05, 0.1) is 7.11 Å². The molecule has 0 aliphatic carbocycles. The second kappa shape index (κ2) is 9.65. The van der Waals surface area contributed by atoms with Gasteiger partial charge in [-0.1, -0.05) is 19.1 Å². The van der Waals surface area contributed by atoms with Gasteiger partial charge < -0.3 is 24.1 Å². The van der Waals surface area contributed by atoms with E-state index in [9.17, 15) is 9.90 Å². The first kappa shape index (κ1) is 21.6. The Kier molecular flexibility index (Phi) is 6.50. The Hall–Kier alpha value is -3.66. The summed E-state index contributed by atoms with van der Waals surface area (Å²) in [5, 5.41) is 16.8. The maximum Gasteiger partial charge on any atom is 0.342 e. The third kappa shape index (κ3) is 4.97. The second-order valence-electron chi connectivity index (χ2n) is 6.72. The van der Waals surface area contributed by atoms with Crippen LogP contribution in [0.15, 0.2) is 46.5 Å². The van der Waals surface area contributed by atoms with E-state index >= 15 is 0 Å². The van der Waals surface area contributed by atoms with Gasteiger partial charge in [0.1, 0.15) is 17.3 Å². The minimum Gasteiger partial charge on any atom is -0.493 e. The molecule has 0 unspecified atom stereocenters. The van der Waals surface area contributed by atoms with E-state index in [1.807, 2.05) is 25.1 Å². The lowest BCUT2D eigenvalue weighted by molar-refractivity contribution is -0.131. The molecule has 1 aliphatic heterocycles. The summed E-state index contributed by atoms with van der Waals surface area (Å²) >= 11 is 0.977. The van der Waals surface area contributed by atoms with Crippen molar-refractivity contribution in [2.45, 2.75) is 25.1 Å². The highest BCUT2D eigenvalue weighted by Gasteiger charge is 2.16. The molecular formula is C22H21N3O6S. The van der Waals surface area contributed by atoms with Crippen LogP contribution in [0.5, 0.6) is 23.0 Å². The minimum atomic E-state index is -1.07. The van der Waals surface area contributed by atoms with Crippen molar-refractivity contribution >= 4 is 23.8 Å². The Labute approximate surface area is 188 Å². The van der Waals surface area contributed by atoms with Gasteiger partial charge >= 0.3 is 5.97 Å². The zero-order valence-corrected chi connectivity index (χ0v) is 18.3. The minimum absolute atomic E-state index is 0.0859.